The summed E-state index contributed by atoms with van der Waals surface area (Å²) in [4.78, 5) is 60.6. The second kappa shape index (κ2) is 11.3. The van der Waals surface area contributed by atoms with Gasteiger partial charge in [0.2, 0.25) is 11.8 Å². The minimum absolute atomic E-state index is 0.0241. The molecule has 12 nitrogen and oxygen atoms in total. The third-order valence-electron chi connectivity index (χ3n) is 5.90. The highest BCUT2D eigenvalue weighted by atomic mass is 32.1. The number of benzene rings is 1. The highest BCUT2D eigenvalue weighted by Gasteiger charge is 2.34. The standard InChI is InChI=1S/C24H23F3N6O6S/c1-31(2)23-30-17(11-18(34)33(23)22(28)37)38-21(36)15-12-40-19(29-15)13-7-9-32(10-8-13)20(35)14-5-3-4-6-16(14)39-24(25,26)27/h3-6,11-13H,7-10H2,1-2H3,(H2,28,37). The zero-order valence-electron chi connectivity index (χ0n) is 21.2. The number of nitrogens with zero attached hydrogens (tertiary/aromatic N) is 5. The van der Waals surface area contributed by atoms with Gasteiger partial charge in [-0.1, -0.05) is 12.1 Å². The van der Waals surface area contributed by atoms with E-state index in [0.717, 1.165) is 12.1 Å². The van der Waals surface area contributed by atoms with Crippen LogP contribution < -0.4 is 25.7 Å². The lowest BCUT2D eigenvalue weighted by Crippen LogP contribution is -2.38. The Morgan fingerprint density at radius 1 is 1.12 bits per heavy atom. The molecule has 1 aliphatic rings. The average Bonchev–Trinajstić information content (AvgIpc) is 3.38. The molecule has 3 aromatic rings. The number of nitrogens with two attached hydrogens (primary N) is 1. The SMILES string of the molecule is CN(C)c1nc(OC(=O)c2csc(C3CCN(C(=O)c4ccccc4OC(F)(F)F)CC3)n2)cc(=O)n1C(N)=O. The van der Waals surface area contributed by atoms with Crippen LogP contribution in [0.15, 0.2) is 40.5 Å². The zero-order chi connectivity index (χ0) is 29.2. The highest BCUT2D eigenvalue weighted by Crippen LogP contribution is 2.33. The van der Waals surface area contributed by atoms with Crippen molar-refractivity contribution in [2.24, 2.45) is 5.73 Å². The summed E-state index contributed by atoms with van der Waals surface area (Å²) in [5.74, 6) is -2.59. The van der Waals surface area contributed by atoms with Gasteiger partial charge in [0, 0.05) is 38.5 Å². The molecule has 0 aliphatic carbocycles. The van der Waals surface area contributed by atoms with Crippen LogP contribution >= 0.6 is 11.3 Å². The van der Waals surface area contributed by atoms with Gasteiger partial charge in [-0.05, 0) is 25.0 Å². The van der Waals surface area contributed by atoms with E-state index in [0.29, 0.717) is 22.4 Å². The zero-order valence-corrected chi connectivity index (χ0v) is 22.0. The summed E-state index contributed by atoms with van der Waals surface area (Å²) in [5, 5.41) is 2.10. The van der Waals surface area contributed by atoms with Gasteiger partial charge in [-0.15, -0.1) is 24.5 Å². The Balaban J connectivity index is 1.41. The lowest BCUT2D eigenvalue weighted by atomic mass is 9.97. The van der Waals surface area contributed by atoms with E-state index in [9.17, 15) is 32.3 Å². The molecule has 40 heavy (non-hydrogen) atoms. The number of likely N-dealkylation sites (tertiary alicyclic amines) is 1. The number of thiazole rings is 1. The van der Waals surface area contributed by atoms with Gasteiger partial charge in [-0.2, -0.15) is 9.55 Å². The lowest BCUT2D eigenvalue weighted by Gasteiger charge is -2.31. The molecule has 2 N–H and O–H groups in total. The Morgan fingerprint density at radius 3 is 2.42 bits per heavy atom. The average molecular weight is 581 g/mol. The van der Waals surface area contributed by atoms with Gasteiger partial charge in [-0.3, -0.25) is 9.59 Å². The largest absolute Gasteiger partial charge is 0.573 e. The number of para-hydroxylation sites is 1. The number of primary amides is 1. The number of rotatable bonds is 6. The van der Waals surface area contributed by atoms with Crippen LogP contribution in [0, 0.1) is 0 Å². The first-order chi connectivity index (χ1) is 18.8. The molecular weight excluding hydrogens is 557 g/mol. The first kappa shape index (κ1) is 28.5. The molecule has 1 aliphatic heterocycles. The minimum Gasteiger partial charge on any atom is -0.405 e. The summed E-state index contributed by atoms with van der Waals surface area (Å²) >= 11 is 1.21. The first-order valence-electron chi connectivity index (χ1n) is 11.8. The van der Waals surface area contributed by atoms with E-state index in [1.54, 1.807) is 0 Å². The third kappa shape index (κ3) is 6.39. The predicted octanol–water partition coefficient (Wildman–Crippen LogP) is 2.83. The van der Waals surface area contributed by atoms with Crippen LogP contribution in [0.4, 0.5) is 23.9 Å². The number of hydrogen-bond donors (Lipinski definition) is 1. The van der Waals surface area contributed by atoms with Gasteiger partial charge in [0.05, 0.1) is 16.6 Å². The Labute approximate surface area is 228 Å². The molecule has 0 atom stereocenters. The Morgan fingerprint density at radius 2 is 1.80 bits per heavy atom. The number of aromatic nitrogens is 3. The molecule has 16 heteroatoms. The molecule has 2 amide bonds. The number of amides is 2. The number of piperidine rings is 1. The van der Waals surface area contributed by atoms with Crippen LogP contribution in [0.5, 0.6) is 11.6 Å². The number of carbonyl (C=O) groups excluding carboxylic acids is 3. The quantitative estimate of drug-likeness (QED) is 0.434. The molecular formula is C24H23F3N6O6S. The molecule has 3 heterocycles. The fourth-order valence-electron chi connectivity index (χ4n) is 4.08. The summed E-state index contributed by atoms with van der Waals surface area (Å²) in [6, 6.07) is 4.98. The summed E-state index contributed by atoms with van der Waals surface area (Å²) in [6.07, 6.45) is -3.99. The van der Waals surface area contributed by atoms with Crippen LogP contribution in [-0.2, 0) is 0 Å². The molecule has 0 unspecified atom stereocenters. The molecule has 0 spiro atoms. The molecule has 212 valence electrons. The predicted molar refractivity (Wildman–Crippen MR) is 136 cm³/mol. The van der Waals surface area contributed by atoms with Gasteiger partial charge in [0.25, 0.3) is 11.5 Å². The lowest BCUT2D eigenvalue weighted by molar-refractivity contribution is -0.274. The van der Waals surface area contributed by atoms with Crippen LogP contribution in [-0.4, -0.2) is 70.9 Å². The summed E-state index contributed by atoms with van der Waals surface area (Å²) in [6.45, 7) is 0.521. The molecule has 1 aromatic carbocycles. The normalized spacial score (nSPS) is 14.1. The Bertz CT molecular complexity index is 1500. The van der Waals surface area contributed by atoms with E-state index in [2.05, 4.69) is 14.7 Å². The molecule has 2 aromatic heterocycles. The fourth-order valence-corrected chi connectivity index (χ4v) is 5.04. The van der Waals surface area contributed by atoms with Crippen molar-refractivity contribution in [3.8, 4) is 11.6 Å². The Hall–Kier alpha value is -4.47. The topological polar surface area (TPSA) is 150 Å². The molecule has 1 fully saturated rings. The second-order valence-corrected chi connectivity index (χ2v) is 9.76. The van der Waals surface area contributed by atoms with E-state index < -0.39 is 35.6 Å². The second-order valence-electron chi connectivity index (χ2n) is 8.87. The van der Waals surface area contributed by atoms with Crippen molar-refractivity contribution >= 4 is 35.2 Å². The van der Waals surface area contributed by atoms with Gasteiger partial charge in [0.1, 0.15) is 5.75 Å². The van der Waals surface area contributed by atoms with Crippen molar-refractivity contribution in [1.82, 2.24) is 19.4 Å². The van der Waals surface area contributed by atoms with Gasteiger partial charge in [0.15, 0.2) is 5.69 Å². The van der Waals surface area contributed by atoms with Crippen LogP contribution in [0.25, 0.3) is 0 Å². The summed E-state index contributed by atoms with van der Waals surface area (Å²) in [7, 11) is 3.04. The van der Waals surface area contributed by atoms with E-state index >= 15 is 0 Å². The molecule has 0 radical (unpaired) electrons. The fraction of sp³-hybridized carbons (Fsp3) is 0.333. The highest BCUT2D eigenvalue weighted by molar-refractivity contribution is 7.09. The van der Waals surface area contributed by atoms with Crippen molar-refractivity contribution in [3.05, 3.63) is 62.3 Å². The number of hydrogen-bond acceptors (Lipinski definition) is 10. The van der Waals surface area contributed by atoms with Crippen molar-refractivity contribution in [3.63, 3.8) is 0 Å². The number of anilines is 1. The Kier molecular flexibility index (Phi) is 8.08. The van der Waals surface area contributed by atoms with Crippen molar-refractivity contribution in [2.45, 2.75) is 25.1 Å². The van der Waals surface area contributed by atoms with E-state index in [4.69, 9.17) is 10.5 Å². The number of ether oxygens (including phenoxy) is 2. The maximum Gasteiger partial charge on any atom is 0.573 e. The van der Waals surface area contributed by atoms with Crippen molar-refractivity contribution < 1.29 is 37.0 Å². The van der Waals surface area contributed by atoms with E-state index in [1.807, 2.05) is 0 Å². The van der Waals surface area contributed by atoms with E-state index in [1.165, 1.54) is 58.8 Å². The van der Waals surface area contributed by atoms with Crippen molar-refractivity contribution in [2.75, 3.05) is 32.1 Å². The van der Waals surface area contributed by atoms with Crippen LogP contribution in [0.3, 0.4) is 0 Å². The first-order valence-corrected chi connectivity index (χ1v) is 12.6. The number of alkyl halides is 3. The monoisotopic (exact) mass is 580 g/mol. The van der Waals surface area contributed by atoms with Gasteiger partial charge >= 0.3 is 18.4 Å². The number of halogens is 3. The van der Waals surface area contributed by atoms with Crippen LogP contribution in [0.1, 0.15) is 44.6 Å². The summed E-state index contributed by atoms with van der Waals surface area (Å²) < 4.78 is 48.0. The maximum atomic E-state index is 12.9. The van der Waals surface area contributed by atoms with E-state index in [-0.39, 0.29) is 42.1 Å². The van der Waals surface area contributed by atoms with Crippen molar-refractivity contribution in [1.29, 1.82) is 0 Å². The van der Waals surface area contributed by atoms with Gasteiger partial charge < -0.3 is 25.0 Å². The minimum atomic E-state index is -4.93. The van der Waals surface area contributed by atoms with Crippen LogP contribution in [0.2, 0.25) is 0 Å². The third-order valence-corrected chi connectivity index (χ3v) is 6.91. The molecule has 0 saturated carbocycles. The maximum absolute atomic E-state index is 12.9. The number of carbonyl (C=O) groups is 3. The summed E-state index contributed by atoms with van der Waals surface area (Å²) in [5.41, 5.74) is 4.18. The number of esters is 1. The molecule has 0 bridgehead atoms. The smallest absolute Gasteiger partial charge is 0.405 e. The van der Waals surface area contributed by atoms with Gasteiger partial charge in [-0.25, -0.2) is 14.6 Å². The molecule has 1 saturated heterocycles. The molecule has 4 rings (SSSR count).